The monoisotopic (exact) mass is 472 g/mol. The van der Waals surface area contributed by atoms with Crippen LogP contribution in [0.3, 0.4) is 0 Å². The van der Waals surface area contributed by atoms with Crippen molar-refractivity contribution in [3.8, 4) is 0 Å². The molecule has 0 aromatic heterocycles. The first-order valence-corrected chi connectivity index (χ1v) is 11.4. The summed E-state index contributed by atoms with van der Waals surface area (Å²) in [5.41, 5.74) is 20.9. The molecule has 35 heavy (non-hydrogen) atoms. The summed E-state index contributed by atoms with van der Waals surface area (Å²) >= 11 is 0. The van der Waals surface area contributed by atoms with Crippen molar-refractivity contribution in [2.75, 3.05) is 13.1 Å². The fourth-order valence-electron chi connectivity index (χ4n) is 3.22. The van der Waals surface area contributed by atoms with Crippen molar-refractivity contribution in [3.63, 3.8) is 0 Å². The molecule has 1 N–H and O–H groups in total. The molecule has 0 bridgehead atoms. The second-order valence-corrected chi connectivity index (χ2v) is 8.91. The van der Waals surface area contributed by atoms with Crippen LogP contribution in [-0.2, 0) is 16.8 Å². The van der Waals surface area contributed by atoms with Crippen molar-refractivity contribution in [2.45, 2.75) is 45.0 Å². The summed E-state index contributed by atoms with van der Waals surface area (Å²) in [5.74, 6) is 0. The van der Waals surface area contributed by atoms with Gasteiger partial charge < -0.3 is 9.84 Å². The van der Waals surface area contributed by atoms with Gasteiger partial charge in [-0.1, -0.05) is 116 Å². The van der Waals surface area contributed by atoms with Gasteiger partial charge in [0, 0.05) is 9.82 Å². The van der Waals surface area contributed by atoms with Gasteiger partial charge in [0.05, 0.1) is 31.9 Å². The number of aliphatic hydroxyl groups is 1. The summed E-state index contributed by atoms with van der Waals surface area (Å²) in [7, 11) is 0. The highest BCUT2D eigenvalue weighted by atomic mass is 16.5. The molecule has 0 saturated carbocycles. The minimum absolute atomic E-state index is 0.0838. The Hall–Kier alpha value is -3.80. The highest BCUT2D eigenvalue weighted by Crippen LogP contribution is 2.24. The molecule has 2 atom stereocenters. The largest absolute Gasteiger partial charge is 0.388 e. The molecular formula is C27H32N6O2. The van der Waals surface area contributed by atoms with Crippen molar-refractivity contribution >= 4 is 0 Å². The van der Waals surface area contributed by atoms with Crippen molar-refractivity contribution in [1.29, 1.82) is 0 Å². The van der Waals surface area contributed by atoms with E-state index in [1.807, 2.05) is 48.5 Å². The van der Waals surface area contributed by atoms with Crippen LogP contribution in [0.25, 0.3) is 20.9 Å². The Labute approximate surface area is 206 Å². The number of nitrogens with zero attached hydrogens (tertiary/aromatic N) is 6. The molecular weight excluding hydrogens is 440 g/mol. The van der Waals surface area contributed by atoms with E-state index < -0.39 is 6.10 Å². The summed E-state index contributed by atoms with van der Waals surface area (Å²) in [5, 5.41) is 16.3. The zero-order chi connectivity index (χ0) is 25.5. The molecule has 0 amide bonds. The standard InChI is InChI=1S/C19H23N3O.C8H9N3O/c1-19(2,3)17-11-9-15(10-12-17)14-23-18(13-21-22-20)16-7-5-4-6-8-16;9-11-10-6-8(12)7-4-2-1-3-5-7/h4-12,18H,13-14H2,1-3H3;1-5,8,12H,6H2. The van der Waals surface area contributed by atoms with Gasteiger partial charge >= 0.3 is 0 Å². The van der Waals surface area contributed by atoms with Crippen molar-refractivity contribution in [2.24, 2.45) is 10.2 Å². The Morgan fingerprint density at radius 3 is 1.80 bits per heavy atom. The number of benzene rings is 3. The Kier molecular flexibility index (Phi) is 11.3. The molecule has 0 fully saturated rings. The molecule has 0 heterocycles. The smallest absolute Gasteiger partial charge is 0.0885 e. The van der Waals surface area contributed by atoms with Crippen molar-refractivity contribution < 1.29 is 9.84 Å². The maximum Gasteiger partial charge on any atom is 0.0885 e. The number of aliphatic hydroxyl groups excluding tert-OH is 1. The molecule has 3 aromatic rings. The van der Waals surface area contributed by atoms with E-state index in [1.165, 1.54) is 5.56 Å². The van der Waals surface area contributed by atoms with Gasteiger partial charge in [0.1, 0.15) is 0 Å². The number of azide groups is 2. The fraction of sp³-hybridized carbons (Fsp3) is 0.333. The van der Waals surface area contributed by atoms with Crippen LogP contribution in [0.4, 0.5) is 0 Å². The molecule has 0 aliphatic rings. The predicted molar refractivity (Wildman–Crippen MR) is 139 cm³/mol. The summed E-state index contributed by atoms with van der Waals surface area (Å²) < 4.78 is 5.98. The van der Waals surface area contributed by atoms with E-state index in [-0.39, 0.29) is 18.1 Å². The topological polar surface area (TPSA) is 127 Å². The summed E-state index contributed by atoms with van der Waals surface area (Å²) in [6, 6.07) is 27.4. The minimum Gasteiger partial charge on any atom is -0.388 e. The van der Waals surface area contributed by atoms with Crippen LogP contribution in [0.15, 0.2) is 95.2 Å². The maximum absolute atomic E-state index is 9.39. The van der Waals surface area contributed by atoms with Crippen LogP contribution in [-0.4, -0.2) is 18.2 Å². The van der Waals surface area contributed by atoms with Gasteiger partial charge in [-0.3, -0.25) is 0 Å². The Morgan fingerprint density at radius 2 is 1.29 bits per heavy atom. The molecule has 8 heteroatoms. The minimum atomic E-state index is -0.693. The highest BCUT2D eigenvalue weighted by Gasteiger charge is 2.14. The average Bonchev–Trinajstić information content (AvgIpc) is 2.88. The van der Waals surface area contributed by atoms with Gasteiger partial charge in [-0.2, -0.15) is 0 Å². The maximum atomic E-state index is 9.39. The highest BCUT2D eigenvalue weighted by molar-refractivity contribution is 5.27. The van der Waals surface area contributed by atoms with Gasteiger partial charge in [-0.05, 0) is 38.7 Å². The Morgan fingerprint density at radius 1 is 0.771 bits per heavy atom. The quantitative estimate of drug-likeness (QED) is 0.196. The van der Waals surface area contributed by atoms with Crippen LogP contribution in [0.2, 0.25) is 0 Å². The first kappa shape index (κ1) is 27.4. The molecule has 0 aliphatic heterocycles. The van der Waals surface area contributed by atoms with E-state index in [0.29, 0.717) is 13.2 Å². The Bertz CT molecular complexity index is 1100. The molecule has 0 radical (unpaired) electrons. The fourth-order valence-corrected chi connectivity index (χ4v) is 3.22. The first-order valence-electron chi connectivity index (χ1n) is 11.4. The molecule has 0 aliphatic carbocycles. The van der Waals surface area contributed by atoms with E-state index in [2.05, 4.69) is 65.1 Å². The van der Waals surface area contributed by atoms with E-state index in [1.54, 1.807) is 12.1 Å². The van der Waals surface area contributed by atoms with Crippen LogP contribution >= 0.6 is 0 Å². The molecule has 3 aromatic carbocycles. The lowest BCUT2D eigenvalue weighted by molar-refractivity contribution is 0.0457. The number of ether oxygens (including phenoxy) is 1. The Balaban J connectivity index is 0.000000303. The summed E-state index contributed by atoms with van der Waals surface area (Å²) in [4.78, 5) is 5.41. The molecule has 3 rings (SSSR count). The van der Waals surface area contributed by atoms with Crippen LogP contribution in [0.5, 0.6) is 0 Å². The molecule has 8 nitrogen and oxygen atoms in total. The van der Waals surface area contributed by atoms with Gasteiger partial charge in [0.15, 0.2) is 0 Å². The number of rotatable bonds is 9. The van der Waals surface area contributed by atoms with E-state index in [0.717, 1.165) is 16.7 Å². The zero-order valence-corrected chi connectivity index (χ0v) is 20.4. The SMILES string of the molecule is CC(C)(C)c1ccc(COC(CN=[N+]=[N-])c2ccccc2)cc1.[N-]=[N+]=NCC(O)c1ccccc1. The van der Waals surface area contributed by atoms with Gasteiger partial charge in [-0.25, -0.2) is 0 Å². The zero-order valence-electron chi connectivity index (χ0n) is 20.4. The van der Waals surface area contributed by atoms with E-state index in [9.17, 15) is 5.11 Å². The summed E-state index contributed by atoms with van der Waals surface area (Å²) in [6.07, 6.45) is -0.920. The summed E-state index contributed by atoms with van der Waals surface area (Å²) in [6.45, 7) is 7.46. The second kappa shape index (κ2) is 14.5. The van der Waals surface area contributed by atoms with Crippen molar-refractivity contribution in [1.82, 2.24) is 0 Å². The van der Waals surface area contributed by atoms with Crippen molar-refractivity contribution in [3.05, 3.63) is 128 Å². The number of hydrogen-bond acceptors (Lipinski definition) is 4. The third-order valence-electron chi connectivity index (χ3n) is 5.26. The van der Waals surface area contributed by atoms with Crippen LogP contribution < -0.4 is 0 Å². The molecule has 182 valence electrons. The lowest BCUT2D eigenvalue weighted by Gasteiger charge is -2.20. The van der Waals surface area contributed by atoms with Crippen LogP contribution in [0, 0.1) is 0 Å². The normalized spacial score (nSPS) is 12.2. The third kappa shape index (κ3) is 9.92. The van der Waals surface area contributed by atoms with Gasteiger partial charge in [-0.15, -0.1) is 0 Å². The van der Waals surface area contributed by atoms with Gasteiger partial charge in [0.25, 0.3) is 0 Å². The first-order chi connectivity index (χ1) is 16.8. The number of hydrogen-bond donors (Lipinski definition) is 1. The van der Waals surface area contributed by atoms with Crippen LogP contribution in [0.1, 0.15) is 55.2 Å². The lowest BCUT2D eigenvalue weighted by Crippen LogP contribution is -2.11. The molecule has 0 spiro atoms. The lowest BCUT2D eigenvalue weighted by atomic mass is 9.87. The molecule has 2 unspecified atom stereocenters. The van der Waals surface area contributed by atoms with E-state index in [4.69, 9.17) is 15.8 Å². The average molecular weight is 473 g/mol. The van der Waals surface area contributed by atoms with E-state index >= 15 is 0 Å². The molecule has 0 saturated heterocycles. The predicted octanol–water partition coefficient (Wildman–Crippen LogP) is 7.58. The third-order valence-corrected chi connectivity index (χ3v) is 5.26. The van der Waals surface area contributed by atoms with Gasteiger partial charge in [0.2, 0.25) is 0 Å². The second-order valence-electron chi connectivity index (χ2n) is 8.91.